The lowest BCUT2D eigenvalue weighted by atomic mass is 9.87. The van der Waals surface area contributed by atoms with Crippen LogP contribution in [-0.2, 0) is 9.47 Å². The van der Waals surface area contributed by atoms with E-state index in [1.165, 1.54) is 14.2 Å². The summed E-state index contributed by atoms with van der Waals surface area (Å²) >= 11 is 0. The number of oxime groups is 2. The van der Waals surface area contributed by atoms with Crippen molar-refractivity contribution in [3.8, 4) is 0 Å². The van der Waals surface area contributed by atoms with E-state index in [-0.39, 0.29) is 17.8 Å². The Hall–Kier alpha value is -1.18. The molecule has 86 valence electrons. The van der Waals surface area contributed by atoms with Crippen molar-refractivity contribution < 1.29 is 25.0 Å². The smallest absolute Gasteiger partial charge is 0.244 e. The van der Waals surface area contributed by atoms with E-state index in [4.69, 9.17) is 19.9 Å². The van der Waals surface area contributed by atoms with Gasteiger partial charge < -0.3 is 25.0 Å². The normalized spacial score (nSPS) is 31.0. The van der Waals surface area contributed by atoms with Crippen molar-refractivity contribution in [3.63, 3.8) is 0 Å². The minimum absolute atomic E-state index is 0.117. The molecule has 1 saturated carbocycles. The van der Waals surface area contributed by atoms with E-state index < -0.39 is 11.9 Å². The minimum Gasteiger partial charge on any atom is -0.411 e. The number of hydrogen-bond donors (Lipinski definition) is 3. The standard InChI is InChI=1S/C8H14N2O5/c1-14-8(15-2)6(11)4-3-5(9-12)7(8)10-13/h6,11-13H,3-4H2,1-2H3/b9-5+,10-7-/t6-/m0/s1. The molecule has 7 nitrogen and oxygen atoms in total. The molecule has 0 radical (unpaired) electrons. The van der Waals surface area contributed by atoms with Crippen LogP contribution in [0.5, 0.6) is 0 Å². The summed E-state index contributed by atoms with van der Waals surface area (Å²) in [4.78, 5) is 0. The zero-order valence-electron chi connectivity index (χ0n) is 8.54. The summed E-state index contributed by atoms with van der Waals surface area (Å²) in [6.07, 6.45) is -0.407. The lowest BCUT2D eigenvalue weighted by molar-refractivity contribution is -0.213. The first-order valence-corrected chi connectivity index (χ1v) is 4.38. The first-order chi connectivity index (χ1) is 7.16. The van der Waals surface area contributed by atoms with Crippen molar-refractivity contribution in [1.29, 1.82) is 0 Å². The number of aliphatic hydroxyl groups is 1. The van der Waals surface area contributed by atoms with Gasteiger partial charge in [-0.2, -0.15) is 0 Å². The highest BCUT2D eigenvalue weighted by molar-refractivity contribution is 6.45. The molecule has 3 N–H and O–H groups in total. The van der Waals surface area contributed by atoms with Gasteiger partial charge in [0, 0.05) is 14.2 Å². The third kappa shape index (κ3) is 1.69. The van der Waals surface area contributed by atoms with Gasteiger partial charge in [-0.25, -0.2) is 0 Å². The molecule has 0 aromatic carbocycles. The Morgan fingerprint density at radius 3 is 2.27 bits per heavy atom. The topological polar surface area (TPSA) is 104 Å². The van der Waals surface area contributed by atoms with E-state index in [1.807, 2.05) is 0 Å². The predicted molar refractivity (Wildman–Crippen MR) is 50.4 cm³/mol. The van der Waals surface area contributed by atoms with Gasteiger partial charge in [-0.05, 0) is 12.8 Å². The van der Waals surface area contributed by atoms with Crippen LogP contribution in [-0.4, -0.2) is 53.1 Å². The van der Waals surface area contributed by atoms with Crippen molar-refractivity contribution in [2.24, 2.45) is 10.3 Å². The van der Waals surface area contributed by atoms with Gasteiger partial charge in [-0.15, -0.1) is 0 Å². The van der Waals surface area contributed by atoms with E-state index in [2.05, 4.69) is 10.3 Å². The summed E-state index contributed by atoms with van der Waals surface area (Å²) in [7, 11) is 2.61. The van der Waals surface area contributed by atoms with Crippen molar-refractivity contribution >= 4 is 11.4 Å². The zero-order chi connectivity index (χ0) is 11.5. The van der Waals surface area contributed by atoms with Crippen LogP contribution in [0.15, 0.2) is 10.3 Å². The maximum Gasteiger partial charge on any atom is 0.244 e. The quantitative estimate of drug-likeness (QED) is 0.338. The lowest BCUT2D eigenvalue weighted by Crippen LogP contribution is -2.58. The first-order valence-electron chi connectivity index (χ1n) is 4.38. The SMILES string of the molecule is COC1(OC)C(=N\O)/C(=N/O)CC[C@@H]1O. The molecular formula is C8H14N2O5. The van der Waals surface area contributed by atoms with E-state index in [1.54, 1.807) is 0 Å². The van der Waals surface area contributed by atoms with Crippen LogP contribution >= 0.6 is 0 Å². The van der Waals surface area contributed by atoms with Gasteiger partial charge in [0.05, 0.1) is 0 Å². The molecule has 0 aromatic heterocycles. The second-order valence-corrected chi connectivity index (χ2v) is 3.13. The molecule has 15 heavy (non-hydrogen) atoms. The Bertz CT molecular complexity index is 285. The Morgan fingerprint density at radius 2 is 1.87 bits per heavy atom. The molecule has 1 atom stereocenters. The fraction of sp³-hybridized carbons (Fsp3) is 0.750. The van der Waals surface area contributed by atoms with Gasteiger partial charge in [0.2, 0.25) is 5.79 Å². The van der Waals surface area contributed by atoms with Crippen molar-refractivity contribution in [2.45, 2.75) is 24.7 Å². The van der Waals surface area contributed by atoms with Gasteiger partial charge in [-0.1, -0.05) is 10.3 Å². The summed E-state index contributed by atoms with van der Waals surface area (Å²) in [5.41, 5.74) is 0.0141. The van der Waals surface area contributed by atoms with Crippen LogP contribution in [0.2, 0.25) is 0 Å². The molecule has 0 amide bonds. The Kier molecular flexibility index (Phi) is 3.61. The van der Waals surface area contributed by atoms with E-state index in [0.29, 0.717) is 6.42 Å². The van der Waals surface area contributed by atoms with E-state index in [9.17, 15) is 5.11 Å². The minimum atomic E-state index is -1.57. The molecule has 7 heteroatoms. The third-order valence-corrected chi connectivity index (χ3v) is 2.52. The van der Waals surface area contributed by atoms with Crippen LogP contribution in [0.1, 0.15) is 12.8 Å². The lowest BCUT2D eigenvalue weighted by Gasteiger charge is -2.38. The monoisotopic (exact) mass is 218 g/mol. The van der Waals surface area contributed by atoms with Crippen LogP contribution in [0.3, 0.4) is 0 Å². The highest BCUT2D eigenvalue weighted by atomic mass is 16.7. The molecule has 1 aliphatic carbocycles. The summed E-state index contributed by atoms with van der Waals surface area (Å²) in [6.45, 7) is 0. The largest absolute Gasteiger partial charge is 0.411 e. The summed E-state index contributed by atoms with van der Waals surface area (Å²) in [6, 6.07) is 0. The molecule has 0 aliphatic heterocycles. The van der Waals surface area contributed by atoms with E-state index in [0.717, 1.165) is 0 Å². The average molecular weight is 218 g/mol. The van der Waals surface area contributed by atoms with Crippen molar-refractivity contribution in [1.82, 2.24) is 0 Å². The highest BCUT2D eigenvalue weighted by Gasteiger charge is 2.50. The molecule has 0 bridgehead atoms. The number of rotatable bonds is 2. The van der Waals surface area contributed by atoms with Gasteiger partial charge in [0.1, 0.15) is 11.8 Å². The van der Waals surface area contributed by atoms with Gasteiger partial charge in [-0.3, -0.25) is 0 Å². The molecule has 0 aromatic rings. The van der Waals surface area contributed by atoms with Crippen LogP contribution in [0.4, 0.5) is 0 Å². The van der Waals surface area contributed by atoms with Crippen LogP contribution in [0, 0.1) is 0 Å². The Morgan fingerprint density at radius 1 is 1.27 bits per heavy atom. The van der Waals surface area contributed by atoms with Gasteiger partial charge in [0.25, 0.3) is 0 Å². The molecule has 0 spiro atoms. The Balaban J connectivity index is 3.18. The molecule has 0 saturated heterocycles. The molecule has 0 unspecified atom stereocenters. The second-order valence-electron chi connectivity index (χ2n) is 3.13. The van der Waals surface area contributed by atoms with Crippen LogP contribution < -0.4 is 0 Å². The fourth-order valence-corrected chi connectivity index (χ4v) is 1.71. The highest BCUT2D eigenvalue weighted by Crippen LogP contribution is 2.29. The maximum atomic E-state index is 9.76. The van der Waals surface area contributed by atoms with Gasteiger partial charge in [0.15, 0.2) is 5.71 Å². The first kappa shape index (κ1) is 11.9. The summed E-state index contributed by atoms with van der Waals surface area (Å²) < 4.78 is 10.0. The predicted octanol–water partition coefficient (Wildman–Crippen LogP) is -0.209. The van der Waals surface area contributed by atoms with E-state index >= 15 is 0 Å². The van der Waals surface area contributed by atoms with Crippen LogP contribution in [0.25, 0.3) is 0 Å². The maximum absolute atomic E-state index is 9.76. The van der Waals surface area contributed by atoms with Crippen molar-refractivity contribution in [2.75, 3.05) is 14.2 Å². The Labute approximate surface area is 86.6 Å². The molecule has 1 aliphatic rings. The number of ether oxygens (including phenoxy) is 2. The zero-order valence-corrected chi connectivity index (χ0v) is 8.54. The fourth-order valence-electron chi connectivity index (χ4n) is 1.71. The van der Waals surface area contributed by atoms with Crippen molar-refractivity contribution in [3.05, 3.63) is 0 Å². The summed E-state index contributed by atoms with van der Waals surface area (Å²) in [5.74, 6) is -1.57. The molecule has 1 rings (SSSR count). The molecule has 1 fully saturated rings. The van der Waals surface area contributed by atoms with Gasteiger partial charge >= 0.3 is 0 Å². The molecular weight excluding hydrogens is 204 g/mol. The number of aliphatic hydroxyl groups excluding tert-OH is 1. The number of nitrogens with zero attached hydrogens (tertiary/aromatic N) is 2. The second kappa shape index (κ2) is 4.56. The summed E-state index contributed by atoms with van der Waals surface area (Å²) in [5, 5.41) is 33.2. The third-order valence-electron chi connectivity index (χ3n) is 2.52. The number of methoxy groups -OCH3 is 2. The number of hydrogen-bond acceptors (Lipinski definition) is 7. The molecule has 0 heterocycles. The average Bonchev–Trinajstić information content (AvgIpc) is 2.28.